The van der Waals surface area contributed by atoms with Crippen LogP contribution in [0.3, 0.4) is 0 Å². The third kappa shape index (κ3) is 3.73. The zero-order valence-electron chi connectivity index (χ0n) is 14.7. The molecule has 6 nitrogen and oxygen atoms in total. The highest BCUT2D eigenvalue weighted by Crippen LogP contribution is 2.30. The second-order valence-corrected chi connectivity index (χ2v) is 6.48. The van der Waals surface area contributed by atoms with Gasteiger partial charge in [0.25, 0.3) is 5.91 Å². The summed E-state index contributed by atoms with van der Waals surface area (Å²) in [6, 6.07) is 7.44. The van der Waals surface area contributed by atoms with Gasteiger partial charge in [0.05, 0.1) is 12.7 Å². The summed E-state index contributed by atoms with van der Waals surface area (Å²) in [4.78, 5) is 31.4. The Morgan fingerprint density at radius 1 is 1.32 bits per heavy atom. The van der Waals surface area contributed by atoms with E-state index in [9.17, 15) is 9.59 Å². The topological polar surface area (TPSA) is 67.2 Å². The minimum Gasteiger partial charge on any atom is -0.354 e. The SMILES string of the molecule is CCC(C)NC(=O)CC(C(=O)N1CCc2ccccc21)n1ccnc1. The normalized spacial score (nSPS) is 15.5. The van der Waals surface area contributed by atoms with Crippen molar-refractivity contribution in [1.82, 2.24) is 14.9 Å². The van der Waals surface area contributed by atoms with Gasteiger partial charge in [0.2, 0.25) is 5.91 Å². The number of nitrogens with zero attached hydrogens (tertiary/aromatic N) is 3. The Morgan fingerprint density at radius 2 is 2.12 bits per heavy atom. The summed E-state index contributed by atoms with van der Waals surface area (Å²) >= 11 is 0. The zero-order valence-corrected chi connectivity index (χ0v) is 14.7. The third-order valence-corrected chi connectivity index (χ3v) is 4.72. The maximum atomic E-state index is 13.2. The lowest BCUT2D eigenvalue weighted by Crippen LogP contribution is -2.40. The van der Waals surface area contributed by atoms with E-state index in [2.05, 4.69) is 10.3 Å². The van der Waals surface area contributed by atoms with Gasteiger partial charge < -0.3 is 14.8 Å². The van der Waals surface area contributed by atoms with Gasteiger partial charge in [-0.1, -0.05) is 25.1 Å². The molecule has 1 aromatic carbocycles. The van der Waals surface area contributed by atoms with Crippen molar-refractivity contribution in [2.24, 2.45) is 0 Å². The van der Waals surface area contributed by atoms with Crippen molar-refractivity contribution in [3.63, 3.8) is 0 Å². The molecule has 0 saturated carbocycles. The molecule has 25 heavy (non-hydrogen) atoms. The minimum absolute atomic E-state index is 0.0674. The largest absolute Gasteiger partial charge is 0.354 e. The smallest absolute Gasteiger partial charge is 0.250 e. The average Bonchev–Trinajstić information content (AvgIpc) is 3.28. The summed E-state index contributed by atoms with van der Waals surface area (Å²) in [5.41, 5.74) is 2.12. The molecule has 0 aliphatic carbocycles. The highest BCUT2D eigenvalue weighted by atomic mass is 16.2. The lowest BCUT2D eigenvalue weighted by atomic mass is 10.1. The second kappa shape index (κ2) is 7.51. The Morgan fingerprint density at radius 3 is 2.84 bits per heavy atom. The van der Waals surface area contributed by atoms with Crippen molar-refractivity contribution < 1.29 is 9.59 Å². The lowest BCUT2D eigenvalue weighted by molar-refractivity contribution is -0.128. The molecule has 1 aliphatic rings. The summed E-state index contributed by atoms with van der Waals surface area (Å²) in [7, 11) is 0. The molecular weight excluding hydrogens is 316 g/mol. The summed E-state index contributed by atoms with van der Waals surface area (Å²) in [6.07, 6.45) is 6.78. The molecular formula is C19H24N4O2. The van der Waals surface area contributed by atoms with E-state index in [4.69, 9.17) is 0 Å². The molecule has 2 atom stereocenters. The number of carbonyl (C=O) groups is 2. The van der Waals surface area contributed by atoms with Crippen LogP contribution in [-0.2, 0) is 16.0 Å². The number of carbonyl (C=O) groups excluding carboxylic acids is 2. The van der Waals surface area contributed by atoms with Crippen LogP contribution in [0.2, 0.25) is 0 Å². The third-order valence-electron chi connectivity index (χ3n) is 4.72. The minimum atomic E-state index is -0.585. The maximum absolute atomic E-state index is 13.2. The Bertz CT molecular complexity index is 742. The fourth-order valence-corrected chi connectivity index (χ4v) is 3.13. The second-order valence-electron chi connectivity index (χ2n) is 6.48. The molecule has 2 heterocycles. The summed E-state index contributed by atoms with van der Waals surface area (Å²) in [6.45, 7) is 4.63. The van der Waals surface area contributed by atoms with Gasteiger partial charge in [0.1, 0.15) is 6.04 Å². The van der Waals surface area contributed by atoms with Crippen LogP contribution in [0.5, 0.6) is 0 Å². The predicted octanol–water partition coefficient (Wildman–Crippen LogP) is 2.32. The number of anilines is 1. The number of benzene rings is 1. The molecule has 2 amide bonds. The molecule has 0 fully saturated rings. The highest BCUT2D eigenvalue weighted by Gasteiger charge is 2.32. The summed E-state index contributed by atoms with van der Waals surface area (Å²) in [5, 5.41) is 2.94. The van der Waals surface area contributed by atoms with Crippen LogP contribution in [0.4, 0.5) is 5.69 Å². The van der Waals surface area contributed by atoms with Gasteiger partial charge in [0.15, 0.2) is 0 Å². The Balaban J connectivity index is 1.81. The van der Waals surface area contributed by atoms with Crippen molar-refractivity contribution in [2.75, 3.05) is 11.4 Å². The standard InChI is InChI=1S/C19H24N4O2/c1-3-14(2)21-18(24)12-17(22-11-9-20-13-22)19(25)23-10-8-15-6-4-5-7-16(15)23/h4-7,9,11,13-14,17H,3,8,10,12H2,1-2H3,(H,21,24). The van der Waals surface area contributed by atoms with Crippen LogP contribution in [-0.4, -0.2) is 34.0 Å². The first-order valence-corrected chi connectivity index (χ1v) is 8.76. The summed E-state index contributed by atoms with van der Waals surface area (Å²) in [5.74, 6) is -0.184. The number of rotatable bonds is 6. The molecule has 132 valence electrons. The number of aromatic nitrogens is 2. The number of hydrogen-bond acceptors (Lipinski definition) is 3. The van der Waals surface area contributed by atoms with E-state index in [0.717, 1.165) is 18.5 Å². The molecule has 6 heteroatoms. The number of amides is 2. The lowest BCUT2D eigenvalue weighted by Gasteiger charge is -2.25. The van der Waals surface area contributed by atoms with Crippen molar-refractivity contribution in [1.29, 1.82) is 0 Å². The first-order chi connectivity index (χ1) is 12.1. The van der Waals surface area contributed by atoms with Crippen LogP contribution in [0.15, 0.2) is 43.0 Å². The van der Waals surface area contributed by atoms with Crippen molar-refractivity contribution in [3.05, 3.63) is 48.5 Å². The highest BCUT2D eigenvalue weighted by molar-refractivity contribution is 6.00. The number of para-hydroxylation sites is 1. The van der Waals surface area contributed by atoms with Gasteiger partial charge in [-0.3, -0.25) is 9.59 Å². The molecule has 0 saturated heterocycles. The molecule has 1 N–H and O–H groups in total. The van der Waals surface area contributed by atoms with E-state index >= 15 is 0 Å². The van der Waals surface area contributed by atoms with E-state index < -0.39 is 6.04 Å². The number of imidazole rings is 1. The molecule has 2 unspecified atom stereocenters. The first kappa shape index (κ1) is 17.2. The maximum Gasteiger partial charge on any atom is 0.250 e. The van der Waals surface area contributed by atoms with Crippen LogP contribution < -0.4 is 10.2 Å². The van der Waals surface area contributed by atoms with E-state index in [1.165, 1.54) is 5.56 Å². The van der Waals surface area contributed by atoms with Gasteiger partial charge in [-0.2, -0.15) is 0 Å². The fourth-order valence-electron chi connectivity index (χ4n) is 3.13. The molecule has 2 aromatic rings. The van der Waals surface area contributed by atoms with Gasteiger partial charge in [-0.25, -0.2) is 4.98 Å². The molecule has 0 spiro atoms. The van der Waals surface area contributed by atoms with Crippen molar-refractivity contribution >= 4 is 17.5 Å². The van der Waals surface area contributed by atoms with Gasteiger partial charge in [-0.15, -0.1) is 0 Å². The molecule has 3 rings (SSSR count). The van der Waals surface area contributed by atoms with Crippen LogP contribution in [0, 0.1) is 0 Å². The monoisotopic (exact) mass is 340 g/mol. The van der Waals surface area contributed by atoms with Crippen LogP contribution in [0.25, 0.3) is 0 Å². The molecule has 0 bridgehead atoms. The zero-order chi connectivity index (χ0) is 17.8. The average molecular weight is 340 g/mol. The molecule has 1 aliphatic heterocycles. The fraction of sp³-hybridized carbons (Fsp3) is 0.421. The first-order valence-electron chi connectivity index (χ1n) is 8.76. The van der Waals surface area contributed by atoms with Crippen LogP contribution in [0.1, 0.15) is 38.3 Å². The van der Waals surface area contributed by atoms with E-state index in [1.54, 1.807) is 28.2 Å². The molecule has 1 aromatic heterocycles. The van der Waals surface area contributed by atoms with E-state index in [-0.39, 0.29) is 24.3 Å². The van der Waals surface area contributed by atoms with Gasteiger partial charge in [0, 0.05) is 30.7 Å². The van der Waals surface area contributed by atoms with E-state index in [1.807, 2.05) is 38.1 Å². The van der Waals surface area contributed by atoms with Gasteiger partial charge in [-0.05, 0) is 31.4 Å². The molecule has 0 radical (unpaired) electrons. The van der Waals surface area contributed by atoms with E-state index in [0.29, 0.717) is 6.54 Å². The number of nitrogens with one attached hydrogen (secondary N) is 1. The summed E-state index contributed by atoms with van der Waals surface area (Å²) < 4.78 is 1.72. The van der Waals surface area contributed by atoms with Crippen LogP contribution >= 0.6 is 0 Å². The Kier molecular flexibility index (Phi) is 5.16. The Hall–Kier alpha value is -2.63. The number of fused-ring (bicyclic) bond motifs is 1. The quantitative estimate of drug-likeness (QED) is 0.877. The predicted molar refractivity (Wildman–Crippen MR) is 96.3 cm³/mol. The van der Waals surface area contributed by atoms with Gasteiger partial charge >= 0.3 is 0 Å². The number of hydrogen-bond donors (Lipinski definition) is 1. The van der Waals surface area contributed by atoms with Crippen molar-refractivity contribution in [3.8, 4) is 0 Å². The Labute approximate surface area is 147 Å². The van der Waals surface area contributed by atoms with Crippen molar-refractivity contribution in [2.45, 2.75) is 45.2 Å².